The van der Waals surface area contributed by atoms with Crippen LogP contribution in [-0.4, -0.2) is 31.6 Å². The number of benzene rings is 1. The molecule has 1 unspecified atom stereocenters. The van der Waals surface area contributed by atoms with Gasteiger partial charge in [0.25, 0.3) is 0 Å². The van der Waals surface area contributed by atoms with E-state index in [4.69, 9.17) is 9.15 Å². The molecule has 0 bridgehead atoms. The summed E-state index contributed by atoms with van der Waals surface area (Å²) in [5.41, 5.74) is 3.00. The van der Waals surface area contributed by atoms with Gasteiger partial charge in [0.05, 0.1) is 13.4 Å². The van der Waals surface area contributed by atoms with Gasteiger partial charge >= 0.3 is 0 Å². The van der Waals surface area contributed by atoms with Crippen LogP contribution in [0, 0.1) is 0 Å². The van der Waals surface area contributed by atoms with E-state index in [0.717, 1.165) is 37.6 Å². The predicted molar refractivity (Wildman–Crippen MR) is 93.2 cm³/mol. The first kappa shape index (κ1) is 16.1. The lowest BCUT2D eigenvalue weighted by Gasteiger charge is -2.31. The molecule has 0 N–H and O–H groups in total. The highest BCUT2D eigenvalue weighted by molar-refractivity contribution is 5.39. The zero-order valence-electron chi connectivity index (χ0n) is 14.3. The van der Waals surface area contributed by atoms with Crippen LogP contribution in [0.3, 0.4) is 0 Å². The summed E-state index contributed by atoms with van der Waals surface area (Å²) < 4.78 is 10.8. The molecule has 1 aliphatic carbocycles. The number of methoxy groups -OCH3 is 1. The molecule has 3 heteroatoms. The van der Waals surface area contributed by atoms with E-state index in [9.17, 15) is 0 Å². The molecule has 0 fully saturated rings. The second kappa shape index (κ2) is 7.69. The molecule has 0 spiro atoms. The lowest BCUT2D eigenvalue weighted by Crippen LogP contribution is -2.31. The monoisotopic (exact) mass is 313 g/mol. The van der Waals surface area contributed by atoms with Crippen molar-refractivity contribution in [2.45, 2.75) is 38.5 Å². The standard InChI is InChI=1S/C20H27NO2/c1-3-21(12-11-18-8-5-13-23-18)15-17-7-4-6-16-14-19(22-2)9-10-20(16)17/h5,8-10,13-14,17H,3-4,6-7,11-12,15H2,1-2H3. The molecule has 1 aromatic carbocycles. The fourth-order valence-corrected chi connectivity index (χ4v) is 3.62. The average molecular weight is 313 g/mol. The third-order valence-corrected chi connectivity index (χ3v) is 4.97. The maximum Gasteiger partial charge on any atom is 0.119 e. The molecule has 0 saturated carbocycles. The summed E-state index contributed by atoms with van der Waals surface area (Å²) in [5.74, 6) is 2.70. The van der Waals surface area contributed by atoms with Gasteiger partial charge in [-0.3, -0.25) is 0 Å². The van der Waals surface area contributed by atoms with Crippen LogP contribution in [-0.2, 0) is 12.8 Å². The Bertz CT molecular complexity index is 606. The summed E-state index contributed by atoms with van der Waals surface area (Å²) in [7, 11) is 1.75. The van der Waals surface area contributed by atoms with Gasteiger partial charge in [-0.1, -0.05) is 13.0 Å². The van der Waals surface area contributed by atoms with Gasteiger partial charge in [0.1, 0.15) is 11.5 Å². The average Bonchev–Trinajstić information content (AvgIpc) is 3.11. The van der Waals surface area contributed by atoms with E-state index in [1.165, 1.54) is 30.4 Å². The second-order valence-corrected chi connectivity index (χ2v) is 6.38. The van der Waals surface area contributed by atoms with Crippen molar-refractivity contribution in [1.82, 2.24) is 4.90 Å². The summed E-state index contributed by atoms with van der Waals surface area (Å²) in [6, 6.07) is 10.6. The summed E-state index contributed by atoms with van der Waals surface area (Å²) in [4.78, 5) is 2.55. The number of rotatable bonds is 7. The maximum atomic E-state index is 5.46. The molecular weight excluding hydrogens is 286 g/mol. The normalized spacial score (nSPS) is 17.3. The van der Waals surface area contributed by atoms with E-state index in [-0.39, 0.29) is 0 Å². The molecule has 0 saturated heterocycles. The van der Waals surface area contributed by atoms with Crippen LogP contribution >= 0.6 is 0 Å². The summed E-state index contributed by atoms with van der Waals surface area (Å²) in [6.07, 6.45) is 6.50. The Balaban J connectivity index is 1.65. The number of hydrogen-bond acceptors (Lipinski definition) is 3. The van der Waals surface area contributed by atoms with Crippen molar-refractivity contribution in [3.05, 3.63) is 53.5 Å². The zero-order chi connectivity index (χ0) is 16.1. The predicted octanol–water partition coefficient (Wildman–Crippen LogP) is 4.27. The molecule has 3 nitrogen and oxygen atoms in total. The Morgan fingerprint density at radius 3 is 2.96 bits per heavy atom. The number of hydrogen-bond donors (Lipinski definition) is 0. The first-order valence-corrected chi connectivity index (χ1v) is 8.71. The van der Waals surface area contributed by atoms with Crippen molar-refractivity contribution < 1.29 is 9.15 Å². The minimum Gasteiger partial charge on any atom is -0.497 e. The van der Waals surface area contributed by atoms with Gasteiger partial charge in [-0.05, 0) is 67.1 Å². The number of likely N-dealkylation sites (N-methyl/N-ethyl adjacent to an activating group) is 1. The van der Waals surface area contributed by atoms with Crippen LogP contribution in [0.1, 0.15) is 42.6 Å². The van der Waals surface area contributed by atoms with Crippen LogP contribution in [0.25, 0.3) is 0 Å². The van der Waals surface area contributed by atoms with Gasteiger partial charge in [-0.2, -0.15) is 0 Å². The second-order valence-electron chi connectivity index (χ2n) is 6.38. The van der Waals surface area contributed by atoms with Crippen molar-refractivity contribution in [3.63, 3.8) is 0 Å². The van der Waals surface area contributed by atoms with Crippen molar-refractivity contribution in [1.29, 1.82) is 0 Å². The van der Waals surface area contributed by atoms with Gasteiger partial charge in [0.2, 0.25) is 0 Å². The van der Waals surface area contributed by atoms with E-state index >= 15 is 0 Å². The first-order valence-electron chi connectivity index (χ1n) is 8.71. The van der Waals surface area contributed by atoms with E-state index < -0.39 is 0 Å². The summed E-state index contributed by atoms with van der Waals surface area (Å²) in [6.45, 7) is 5.53. The molecule has 1 aromatic heterocycles. The summed E-state index contributed by atoms with van der Waals surface area (Å²) in [5, 5.41) is 0. The van der Waals surface area contributed by atoms with Gasteiger partial charge < -0.3 is 14.1 Å². The molecule has 0 aliphatic heterocycles. The Hall–Kier alpha value is -1.74. The SMILES string of the molecule is CCN(CCc1ccco1)CC1CCCc2cc(OC)ccc21. The van der Waals surface area contributed by atoms with Crippen LogP contribution < -0.4 is 4.74 Å². The third kappa shape index (κ3) is 3.97. The Morgan fingerprint density at radius 1 is 1.30 bits per heavy atom. The van der Waals surface area contributed by atoms with Gasteiger partial charge in [-0.15, -0.1) is 0 Å². The Morgan fingerprint density at radius 2 is 2.22 bits per heavy atom. The molecule has 2 aromatic rings. The highest BCUT2D eigenvalue weighted by Crippen LogP contribution is 2.34. The third-order valence-electron chi connectivity index (χ3n) is 4.97. The number of nitrogens with zero attached hydrogens (tertiary/aromatic N) is 1. The van der Waals surface area contributed by atoms with Crippen LogP contribution in [0.4, 0.5) is 0 Å². The van der Waals surface area contributed by atoms with Crippen LogP contribution in [0.5, 0.6) is 5.75 Å². The molecular formula is C20H27NO2. The van der Waals surface area contributed by atoms with Gasteiger partial charge in [0.15, 0.2) is 0 Å². The molecule has 124 valence electrons. The highest BCUT2D eigenvalue weighted by Gasteiger charge is 2.22. The minimum absolute atomic E-state index is 0.640. The lowest BCUT2D eigenvalue weighted by atomic mass is 9.82. The smallest absolute Gasteiger partial charge is 0.119 e. The first-order chi connectivity index (χ1) is 11.3. The van der Waals surface area contributed by atoms with Crippen molar-refractivity contribution >= 4 is 0 Å². The number of aryl methyl sites for hydroxylation is 1. The van der Waals surface area contributed by atoms with E-state index in [2.05, 4.69) is 36.1 Å². The quantitative estimate of drug-likeness (QED) is 0.763. The maximum absolute atomic E-state index is 5.46. The van der Waals surface area contributed by atoms with Gasteiger partial charge in [-0.25, -0.2) is 0 Å². The fourth-order valence-electron chi connectivity index (χ4n) is 3.62. The molecule has 3 rings (SSSR count). The Labute approximate surface area is 139 Å². The van der Waals surface area contributed by atoms with Crippen molar-refractivity contribution in [3.8, 4) is 5.75 Å². The minimum atomic E-state index is 0.640. The van der Waals surface area contributed by atoms with Crippen LogP contribution in [0.15, 0.2) is 41.0 Å². The van der Waals surface area contributed by atoms with Gasteiger partial charge in [0, 0.05) is 19.5 Å². The molecule has 0 amide bonds. The van der Waals surface area contributed by atoms with E-state index in [1.54, 1.807) is 13.4 Å². The number of fused-ring (bicyclic) bond motifs is 1. The van der Waals surface area contributed by atoms with Crippen molar-refractivity contribution in [2.75, 3.05) is 26.7 Å². The highest BCUT2D eigenvalue weighted by atomic mass is 16.5. The molecule has 1 atom stereocenters. The van der Waals surface area contributed by atoms with E-state index in [1.807, 2.05) is 6.07 Å². The number of furan rings is 1. The van der Waals surface area contributed by atoms with Crippen LogP contribution in [0.2, 0.25) is 0 Å². The molecule has 0 radical (unpaired) electrons. The fraction of sp³-hybridized carbons (Fsp3) is 0.500. The van der Waals surface area contributed by atoms with Crippen molar-refractivity contribution in [2.24, 2.45) is 0 Å². The largest absolute Gasteiger partial charge is 0.497 e. The van der Waals surface area contributed by atoms with E-state index in [0.29, 0.717) is 5.92 Å². The summed E-state index contributed by atoms with van der Waals surface area (Å²) >= 11 is 0. The topological polar surface area (TPSA) is 25.6 Å². The Kier molecular flexibility index (Phi) is 5.39. The number of ether oxygens (including phenoxy) is 1. The molecule has 1 heterocycles. The zero-order valence-corrected chi connectivity index (χ0v) is 14.3. The molecule has 1 aliphatic rings. The molecule has 23 heavy (non-hydrogen) atoms. The lowest BCUT2D eigenvalue weighted by molar-refractivity contribution is 0.257.